The fourth-order valence-corrected chi connectivity index (χ4v) is 2.54. The Bertz CT molecular complexity index is 327. The molecule has 0 saturated heterocycles. The van der Waals surface area contributed by atoms with Gasteiger partial charge in [-0.1, -0.05) is 19.3 Å². The lowest BCUT2D eigenvalue weighted by Gasteiger charge is -2.21. The molecule has 3 nitrogen and oxygen atoms in total. The normalized spacial score (nSPS) is 26.6. The van der Waals surface area contributed by atoms with E-state index in [1.165, 1.54) is 12.8 Å². The first-order valence-corrected chi connectivity index (χ1v) is 6.70. The molecular formula is C12H18BrNO2. The van der Waals surface area contributed by atoms with E-state index in [0.29, 0.717) is 6.54 Å². The molecule has 1 heterocycles. The molecule has 4 heteroatoms. The summed E-state index contributed by atoms with van der Waals surface area (Å²) in [6, 6.07) is 2.10. The minimum Gasteiger partial charge on any atom is -0.467 e. The largest absolute Gasteiger partial charge is 0.467 e. The predicted molar refractivity (Wildman–Crippen MR) is 66.1 cm³/mol. The zero-order chi connectivity index (χ0) is 11.4. The summed E-state index contributed by atoms with van der Waals surface area (Å²) >= 11 is 3.43. The molecule has 1 aromatic rings. The summed E-state index contributed by atoms with van der Waals surface area (Å²) in [5, 5.41) is 13.3. The zero-order valence-electron chi connectivity index (χ0n) is 9.29. The van der Waals surface area contributed by atoms with Crippen molar-refractivity contribution in [1.82, 2.24) is 5.32 Å². The molecule has 1 aliphatic rings. The highest BCUT2D eigenvalue weighted by atomic mass is 79.9. The number of rotatable bonds is 3. The minimum absolute atomic E-state index is 0.208. The highest BCUT2D eigenvalue weighted by Gasteiger charge is 2.21. The van der Waals surface area contributed by atoms with Crippen LogP contribution in [0.5, 0.6) is 0 Å². The average molecular weight is 288 g/mol. The SMILES string of the molecule is OC1CCCCCC1NCc1occc1Br. The van der Waals surface area contributed by atoms with Gasteiger partial charge in [-0.25, -0.2) is 0 Å². The molecule has 90 valence electrons. The topological polar surface area (TPSA) is 45.4 Å². The van der Waals surface area contributed by atoms with Crippen LogP contribution >= 0.6 is 15.9 Å². The van der Waals surface area contributed by atoms with Crippen molar-refractivity contribution in [2.24, 2.45) is 0 Å². The van der Waals surface area contributed by atoms with Gasteiger partial charge in [0.05, 0.1) is 23.4 Å². The Labute approximate surface area is 104 Å². The van der Waals surface area contributed by atoms with E-state index in [9.17, 15) is 5.11 Å². The summed E-state index contributed by atoms with van der Waals surface area (Å²) < 4.78 is 6.32. The predicted octanol–water partition coefficient (Wildman–Crippen LogP) is 2.83. The molecule has 1 fully saturated rings. The maximum absolute atomic E-state index is 9.94. The molecule has 1 aliphatic carbocycles. The van der Waals surface area contributed by atoms with Crippen molar-refractivity contribution in [3.05, 3.63) is 22.6 Å². The molecule has 0 spiro atoms. The molecule has 2 unspecified atom stereocenters. The van der Waals surface area contributed by atoms with Crippen molar-refractivity contribution < 1.29 is 9.52 Å². The van der Waals surface area contributed by atoms with Crippen molar-refractivity contribution in [3.63, 3.8) is 0 Å². The van der Waals surface area contributed by atoms with Gasteiger partial charge in [0.15, 0.2) is 0 Å². The van der Waals surface area contributed by atoms with Crippen LogP contribution in [0.1, 0.15) is 37.9 Å². The number of aliphatic hydroxyl groups excluding tert-OH is 1. The molecule has 2 atom stereocenters. The fourth-order valence-electron chi connectivity index (χ4n) is 2.20. The highest BCUT2D eigenvalue weighted by Crippen LogP contribution is 2.20. The summed E-state index contributed by atoms with van der Waals surface area (Å²) in [5.41, 5.74) is 0. The summed E-state index contributed by atoms with van der Waals surface area (Å²) in [4.78, 5) is 0. The lowest BCUT2D eigenvalue weighted by Crippen LogP contribution is -2.38. The molecule has 0 amide bonds. The van der Waals surface area contributed by atoms with Crippen LogP contribution in [0, 0.1) is 0 Å². The number of hydrogen-bond acceptors (Lipinski definition) is 3. The van der Waals surface area contributed by atoms with Gasteiger partial charge in [-0.2, -0.15) is 0 Å². The monoisotopic (exact) mass is 287 g/mol. The van der Waals surface area contributed by atoms with E-state index in [-0.39, 0.29) is 12.1 Å². The molecule has 2 N–H and O–H groups in total. The molecular weight excluding hydrogens is 270 g/mol. The number of nitrogens with one attached hydrogen (secondary N) is 1. The van der Waals surface area contributed by atoms with Gasteiger partial charge in [0.1, 0.15) is 5.76 Å². The lowest BCUT2D eigenvalue weighted by atomic mass is 10.1. The van der Waals surface area contributed by atoms with Crippen LogP contribution in [-0.4, -0.2) is 17.3 Å². The van der Waals surface area contributed by atoms with E-state index in [0.717, 1.165) is 29.5 Å². The number of hydrogen-bond donors (Lipinski definition) is 2. The number of halogens is 1. The average Bonchev–Trinajstić information content (AvgIpc) is 2.56. The first-order chi connectivity index (χ1) is 7.77. The Balaban J connectivity index is 1.86. The minimum atomic E-state index is -0.212. The Morgan fingerprint density at radius 1 is 1.38 bits per heavy atom. The molecule has 1 aromatic heterocycles. The molecule has 1 saturated carbocycles. The standard InChI is InChI=1S/C12H18BrNO2/c13-9-6-7-16-12(9)8-14-10-4-2-1-3-5-11(10)15/h6-7,10-11,14-15H,1-5,8H2. The Morgan fingerprint density at radius 3 is 2.94 bits per heavy atom. The number of furan rings is 1. The quantitative estimate of drug-likeness (QED) is 0.841. The van der Waals surface area contributed by atoms with Crippen LogP contribution in [0.25, 0.3) is 0 Å². The molecule has 0 aliphatic heterocycles. The van der Waals surface area contributed by atoms with Gasteiger partial charge in [-0.05, 0) is 34.8 Å². The fraction of sp³-hybridized carbons (Fsp3) is 0.667. The third-order valence-electron chi connectivity index (χ3n) is 3.20. The van der Waals surface area contributed by atoms with E-state index < -0.39 is 0 Å². The van der Waals surface area contributed by atoms with Gasteiger partial charge in [-0.3, -0.25) is 0 Å². The molecule has 2 rings (SSSR count). The second kappa shape index (κ2) is 5.84. The Kier molecular flexibility index (Phi) is 4.44. The molecule has 0 bridgehead atoms. The highest BCUT2D eigenvalue weighted by molar-refractivity contribution is 9.10. The Hall–Kier alpha value is -0.320. The van der Waals surface area contributed by atoms with E-state index in [1.807, 2.05) is 6.07 Å². The van der Waals surface area contributed by atoms with Crippen LogP contribution < -0.4 is 5.32 Å². The Morgan fingerprint density at radius 2 is 2.19 bits per heavy atom. The van der Waals surface area contributed by atoms with E-state index in [2.05, 4.69) is 21.2 Å². The van der Waals surface area contributed by atoms with Gasteiger partial charge in [0.2, 0.25) is 0 Å². The van der Waals surface area contributed by atoms with Crippen molar-refractivity contribution in [2.75, 3.05) is 0 Å². The van der Waals surface area contributed by atoms with Crippen LogP contribution in [0.2, 0.25) is 0 Å². The van der Waals surface area contributed by atoms with E-state index >= 15 is 0 Å². The molecule has 16 heavy (non-hydrogen) atoms. The van der Waals surface area contributed by atoms with Crippen LogP contribution in [0.15, 0.2) is 21.2 Å². The maximum Gasteiger partial charge on any atom is 0.131 e. The van der Waals surface area contributed by atoms with Crippen molar-refractivity contribution in [1.29, 1.82) is 0 Å². The van der Waals surface area contributed by atoms with E-state index in [1.54, 1.807) is 6.26 Å². The van der Waals surface area contributed by atoms with Crippen LogP contribution in [-0.2, 0) is 6.54 Å². The molecule has 0 aromatic carbocycles. The van der Waals surface area contributed by atoms with Gasteiger partial charge in [-0.15, -0.1) is 0 Å². The third kappa shape index (κ3) is 3.09. The summed E-state index contributed by atoms with van der Waals surface area (Å²) in [6.45, 7) is 0.676. The van der Waals surface area contributed by atoms with Gasteiger partial charge < -0.3 is 14.8 Å². The number of aliphatic hydroxyl groups is 1. The smallest absolute Gasteiger partial charge is 0.131 e. The second-order valence-electron chi connectivity index (χ2n) is 4.38. The van der Waals surface area contributed by atoms with Gasteiger partial charge in [0, 0.05) is 6.04 Å². The maximum atomic E-state index is 9.94. The zero-order valence-corrected chi connectivity index (χ0v) is 10.9. The summed E-state index contributed by atoms with van der Waals surface area (Å²) in [6.07, 6.45) is 7.01. The van der Waals surface area contributed by atoms with Crippen molar-refractivity contribution in [2.45, 2.75) is 50.8 Å². The van der Waals surface area contributed by atoms with Crippen molar-refractivity contribution in [3.8, 4) is 0 Å². The van der Waals surface area contributed by atoms with Gasteiger partial charge in [0.25, 0.3) is 0 Å². The van der Waals surface area contributed by atoms with Crippen LogP contribution in [0.4, 0.5) is 0 Å². The molecule has 0 radical (unpaired) electrons. The second-order valence-corrected chi connectivity index (χ2v) is 5.24. The first kappa shape index (κ1) is 12.1. The lowest BCUT2D eigenvalue weighted by molar-refractivity contribution is 0.118. The summed E-state index contributed by atoms with van der Waals surface area (Å²) in [7, 11) is 0. The van der Waals surface area contributed by atoms with E-state index in [4.69, 9.17) is 4.42 Å². The van der Waals surface area contributed by atoms with Gasteiger partial charge >= 0.3 is 0 Å². The van der Waals surface area contributed by atoms with Crippen molar-refractivity contribution >= 4 is 15.9 Å². The third-order valence-corrected chi connectivity index (χ3v) is 3.90. The van der Waals surface area contributed by atoms with Crippen LogP contribution in [0.3, 0.4) is 0 Å². The summed E-state index contributed by atoms with van der Waals surface area (Å²) in [5.74, 6) is 0.899. The first-order valence-electron chi connectivity index (χ1n) is 5.90.